The third kappa shape index (κ3) is 22.2. The summed E-state index contributed by atoms with van der Waals surface area (Å²) in [6.07, 6.45) is 13.6. The first-order valence-electron chi connectivity index (χ1n) is 14.3. The van der Waals surface area contributed by atoms with Crippen LogP contribution in [0.5, 0.6) is 0 Å². The van der Waals surface area contributed by atoms with Gasteiger partial charge in [-0.1, -0.05) is 112 Å². The minimum atomic E-state index is -1.39. The molecule has 0 N–H and O–H groups in total. The van der Waals surface area contributed by atoms with Crippen LogP contribution in [0.1, 0.15) is 150 Å². The molecule has 0 aliphatic rings. The largest absolute Gasteiger partial charge is 0.231 e. The van der Waals surface area contributed by atoms with Crippen LogP contribution >= 0.6 is 0 Å². The molecule has 0 aromatic carbocycles. The Morgan fingerprint density at radius 3 is 1.24 bits per heavy atom. The number of hydrogen-bond acceptors (Lipinski definition) is 4. The highest BCUT2D eigenvalue weighted by Crippen LogP contribution is 2.22. The van der Waals surface area contributed by atoms with Gasteiger partial charge in [-0.05, 0) is 31.6 Å². The highest BCUT2D eigenvalue weighted by Gasteiger charge is 2.20. The van der Waals surface area contributed by atoms with Crippen molar-refractivity contribution < 1.29 is 28.3 Å². The second-order valence-electron chi connectivity index (χ2n) is 10.2. The average molecular weight is 495 g/mol. The van der Waals surface area contributed by atoms with Crippen LogP contribution in [0.4, 0.5) is 8.78 Å². The summed E-state index contributed by atoms with van der Waals surface area (Å²) in [6.45, 7) is 10.5. The Balaban J connectivity index is 4.65. The fourth-order valence-electron chi connectivity index (χ4n) is 3.93. The summed E-state index contributed by atoms with van der Waals surface area (Å²) in [5, 5.41) is 0. The molecule has 0 radical (unpaired) electrons. The minimum absolute atomic E-state index is 0.189. The van der Waals surface area contributed by atoms with Gasteiger partial charge < -0.3 is 0 Å². The normalized spacial score (nSPS) is 15.5. The van der Waals surface area contributed by atoms with Crippen molar-refractivity contribution in [2.24, 2.45) is 5.92 Å². The topological polar surface area (TPSA) is 36.9 Å². The number of alkyl halides is 2. The van der Waals surface area contributed by atoms with Crippen LogP contribution in [-0.2, 0) is 19.6 Å². The van der Waals surface area contributed by atoms with E-state index in [2.05, 4.69) is 20.8 Å². The van der Waals surface area contributed by atoms with E-state index >= 15 is 0 Å². The maximum atomic E-state index is 13.8. The van der Waals surface area contributed by atoms with E-state index in [-0.39, 0.29) is 12.2 Å². The fraction of sp³-hybridized carbons (Fsp3) is 1.00. The maximum absolute atomic E-state index is 13.8. The number of rotatable bonds is 26. The molecule has 34 heavy (non-hydrogen) atoms. The molecule has 4 unspecified atom stereocenters. The van der Waals surface area contributed by atoms with Crippen molar-refractivity contribution in [1.82, 2.24) is 0 Å². The highest BCUT2D eigenvalue weighted by molar-refractivity contribution is 4.65. The molecule has 0 rings (SSSR count). The zero-order valence-corrected chi connectivity index (χ0v) is 23.0. The first-order chi connectivity index (χ1) is 16.4. The fourth-order valence-corrected chi connectivity index (χ4v) is 3.93. The van der Waals surface area contributed by atoms with Crippen molar-refractivity contribution in [1.29, 1.82) is 0 Å². The van der Waals surface area contributed by atoms with Gasteiger partial charge in [0.05, 0.1) is 12.2 Å². The Morgan fingerprint density at radius 1 is 0.441 bits per heavy atom. The predicted octanol–water partition coefficient (Wildman–Crippen LogP) is 9.95. The lowest BCUT2D eigenvalue weighted by molar-refractivity contribution is -0.387. The first-order valence-corrected chi connectivity index (χ1v) is 14.3. The van der Waals surface area contributed by atoms with E-state index in [1.807, 2.05) is 13.8 Å². The molecule has 0 fully saturated rings. The molecule has 0 aliphatic heterocycles. The van der Waals surface area contributed by atoms with E-state index in [9.17, 15) is 8.78 Å². The Labute approximate surface area is 209 Å². The second-order valence-corrected chi connectivity index (χ2v) is 10.2. The van der Waals surface area contributed by atoms with Gasteiger partial charge in [0.2, 0.25) is 12.7 Å². The molecule has 4 atom stereocenters. The molecular weight excluding hydrogens is 438 g/mol. The highest BCUT2D eigenvalue weighted by atomic mass is 19.2. The molecule has 206 valence electrons. The summed E-state index contributed by atoms with van der Waals surface area (Å²) in [5.41, 5.74) is 0. The lowest BCUT2D eigenvalue weighted by Gasteiger charge is -2.22. The zero-order valence-electron chi connectivity index (χ0n) is 23.0. The summed E-state index contributed by atoms with van der Waals surface area (Å²) in [6, 6.07) is 0. The van der Waals surface area contributed by atoms with Crippen LogP contribution in [0, 0.1) is 5.92 Å². The Morgan fingerprint density at radius 2 is 0.853 bits per heavy atom. The molecule has 0 aromatic rings. The lowest BCUT2D eigenvalue weighted by Crippen LogP contribution is -2.22. The molecule has 0 heterocycles. The monoisotopic (exact) mass is 494 g/mol. The first kappa shape index (κ1) is 33.7. The standard InChI is InChI=1S/C28H56F2O4/c1-6-9-10-11-15-20-25(31-33-27(29)17-7-2)22-23-26(32-34-28(30)18-8-3)21-16-13-12-14-19-24(4)5/h24-28H,6-23H2,1-5H3. The van der Waals surface area contributed by atoms with Gasteiger partial charge in [-0.2, -0.15) is 9.78 Å². The van der Waals surface area contributed by atoms with Gasteiger partial charge in [-0.15, -0.1) is 0 Å². The summed E-state index contributed by atoms with van der Waals surface area (Å²) in [4.78, 5) is 21.1. The number of unbranched alkanes of at least 4 members (excludes halogenated alkanes) is 7. The molecule has 0 spiro atoms. The molecule has 6 heteroatoms. The van der Waals surface area contributed by atoms with Crippen LogP contribution in [0.3, 0.4) is 0 Å². The number of hydrogen-bond donors (Lipinski definition) is 0. The summed E-state index contributed by atoms with van der Waals surface area (Å²) < 4.78 is 27.7. The van der Waals surface area contributed by atoms with Crippen LogP contribution in [0.15, 0.2) is 0 Å². The predicted molar refractivity (Wildman–Crippen MR) is 137 cm³/mol. The van der Waals surface area contributed by atoms with Gasteiger partial charge in [0.15, 0.2) is 0 Å². The van der Waals surface area contributed by atoms with Crippen molar-refractivity contribution in [2.45, 2.75) is 175 Å². The van der Waals surface area contributed by atoms with E-state index in [0.29, 0.717) is 38.5 Å². The minimum Gasteiger partial charge on any atom is -0.230 e. The van der Waals surface area contributed by atoms with Crippen LogP contribution in [0.2, 0.25) is 0 Å². The van der Waals surface area contributed by atoms with Gasteiger partial charge >= 0.3 is 0 Å². The Hall–Kier alpha value is -0.300. The molecular formula is C28H56F2O4. The van der Waals surface area contributed by atoms with Crippen molar-refractivity contribution in [2.75, 3.05) is 0 Å². The molecule has 0 saturated heterocycles. The lowest BCUT2D eigenvalue weighted by atomic mass is 9.99. The molecule has 0 amide bonds. The maximum Gasteiger partial charge on any atom is 0.231 e. The molecule has 0 bridgehead atoms. The Kier molecular flexibility index (Phi) is 24.2. The van der Waals surface area contributed by atoms with E-state index in [1.165, 1.54) is 38.5 Å². The van der Waals surface area contributed by atoms with E-state index < -0.39 is 12.7 Å². The summed E-state index contributed by atoms with van der Waals surface area (Å²) >= 11 is 0. The van der Waals surface area contributed by atoms with E-state index in [0.717, 1.165) is 44.4 Å². The van der Waals surface area contributed by atoms with E-state index in [1.54, 1.807) is 0 Å². The van der Waals surface area contributed by atoms with Crippen molar-refractivity contribution in [3.05, 3.63) is 0 Å². The number of halogens is 2. The third-order valence-corrected chi connectivity index (χ3v) is 6.12. The zero-order chi connectivity index (χ0) is 25.4. The summed E-state index contributed by atoms with van der Waals surface area (Å²) in [5.74, 6) is 0.743. The summed E-state index contributed by atoms with van der Waals surface area (Å²) in [7, 11) is 0. The quantitative estimate of drug-likeness (QED) is 0.0681. The molecule has 0 saturated carbocycles. The van der Waals surface area contributed by atoms with Gasteiger partial charge in [-0.3, -0.25) is 0 Å². The van der Waals surface area contributed by atoms with Crippen LogP contribution in [0.25, 0.3) is 0 Å². The molecule has 0 aromatic heterocycles. The second kappa shape index (κ2) is 24.4. The molecule has 0 aliphatic carbocycles. The van der Waals surface area contributed by atoms with Crippen molar-refractivity contribution in [3.63, 3.8) is 0 Å². The SMILES string of the molecule is CCCCCCCC(CCC(CCCCCCC(C)C)OOC(F)CCC)OOC(F)CCC. The van der Waals surface area contributed by atoms with Crippen LogP contribution in [-0.4, -0.2) is 24.9 Å². The van der Waals surface area contributed by atoms with E-state index in [4.69, 9.17) is 19.6 Å². The van der Waals surface area contributed by atoms with Crippen molar-refractivity contribution in [3.8, 4) is 0 Å². The third-order valence-electron chi connectivity index (χ3n) is 6.12. The Bertz CT molecular complexity index is 412. The van der Waals surface area contributed by atoms with Crippen LogP contribution < -0.4 is 0 Å². The smallest absolute Gasteiger partial charge is 0.230 e. The van der Waals surface area contributed by atoms with Gasteiger partial charge in [-0.25, -0.2) is 18.6 Å². The molecule has 4 nitrogen and oxygen atoms in total. The average Bonchev–Trinajstić information content (AvgIpc) is 2.80. The van der Waals surface area contributed by atoms with Gasteiger partial charge in [0.25, 0.3) is 0 Å². The van der Waals surface area contributed by atoms with Crippen molar-refractivity contribution >= 4 is 0 Å². The van der Waals surface area contributed by atoms with Gasteiger partial charge in [0, 0.05) is 12.8 Å². The van der Waals surface area contributed by atoms with Gasteiger partial charge in [0.1, 0.15) is 0 Å².